The van der Waals surface area contributed by atoms with Gasteiger partial charge in [0.1, 0.15) is 11.5 Å². The van der Waals surface area contributed by atoms with Gasteiger partial charge in [-0.1, -0.05) is 30.3 Å². The van der Waals surface area contributed by atoms with Gasteiger partial charge < -0.3 is 15.5 Å². The Morgan fingerprint density at radius 3 is 2.62 bits per heavy atom. The minimum absolute atomic E-state index is 0.00633. The molecule has 1 aromatic heterocycles. The van der Waals surface area contributed by atoms with Gasteiger partial charge in [0.05, 0.1) is 6.21 Å². The molecule has 4 N–H and O–H groups in total. The van der Waals surface area contributed by atoms with Gasteiger partial charge in [-0.3, -0.25) is 5.43 Å². The van der Waals surface area contributed by atoms with Crippen LogP contribution in [0.25, 0.3) is 0 Å². The quantitative estimate of drug-likeness (QED) is 0.402. The van der Waals surface area contributed by atoms with E-state index in [9.17, 15) is 10.2 Å². The van der Waals surface area contributed by atoms with Crippen LogP contribution in [0.15, 0.2) is 59.7 Å². The molecule has 7 heteroatoms. The molecule has 7 nitrogen and oxygen atoms in total. The Labute approximate surface area is 151 Å². The van der Waals surface area contributed by atoms with Crippen LogP contribution in [0.3, 0.4) is 0 Å². The van der Waals surface area contributed by atoms with Gasteiger partial charge in [0.25, 0.3) is 0 Å². The molecule has 0 aliphatic rings. The number of hydrazone groups is 1. The molecule has 0 radical (unpaired) electrons. The fourth-order valence-corrected chi connectivity index (χ4v) is 2.29. The van der Waals surface area contributed by atoms with E-state index >= 15 is 0 Å². The topological polar surface area (TPSA) is 103 Å². The van der Waals surface area contributed by atoms with Crippen molar-refractivity contribution in [3.8, 4) is 11.5 Å². The highest BCUT2D eigenvalue weighted by atomic mass is 16.3. The van der Waals surface area contributed by atoms with Crippen LogP contribution in [-0.2, 0) is 6.54 Å². The average Bonchev–Trinajstić information content (AvgIpc) is 2.62. The lowest BCUT2D eigenvalue weighted by atomic mass is 10.2. The van der Waals surface area contributed by atoms with E-state index in [1.807, 2.05) is 37.3 Å². The number of nitrogens with zero attached hydrogens (tertiary/aromatic N) is 3. The van der Waals surface area contributed by atoms with Crippen LogP contribution in [0.2, 0.25) is 0 Å². The van der Waals surface area contributed by atoms with Crippen molar-refractivity contribution in [3.63, 3.8) is 0 Å². The maximum Gasteiger partial charge on any atom is 0.225 e. The van der Waals surface area contributed by atoms with Crippen LogP contribution in [0.1, 0.15) is 16.8 Å². The van der Waals surface area contributed by atoms with Crippen LogP contribution in [0, 0.1) is 6.92 Å². The molecule has 26 heavy (non-hydrogen) atoms. The summed E-state index contributed by atoms with van der Waals surface area (Å²) in [6.07, 6.45) is 1.45. The zero-order valence-electron chi connectivity index (χ0n) is 14.2. The highest BCUT2D eigenvalue weighted by Crippen LogP contribution is 2.21. The number of aryl methyl sites for hydroxylation is 1. The number of hydrogen-bond acceptors (Lipinski definition) is 7. The normalized spacial score (nSPS) is 10.8. The third-order valence-corrected chi connectivity index (χ3v) is 3.54. The minimum atomic E-state index is -0.0559. The molecule has 0 fully saturated rings. The van der Waals surface area contributed by atoms with E-state index in [-0.39, 0.29) is 11.5 Å². The molecule has 132 valence electrons. The third-order valence-electron chi connectivity index (χ3n) is 3.54. The Kier molecular flexibility index (Phi) is 5.28. The number of phenolic OH excluding ortho intramolecular Hbond substituents is 2. The van der Waals surface area contributed by atoms with Gasteiger partial charge in [-0.25, -0.2) is 4.98 Å². The van der Waals surface area contributed by atoms with Gasteiger partial charge in [0, 0.05) is 29.9 Å². The first-order chi connectivity index (χ1) is 12.6. The van der Waals surface area contributed by atoms with Gasteiger partial charge >= 0.3 is 0 Å². The zero-order valence-corrected chi connectivity index (χ0v) is 14.2. The largest absolute Gasteiger partial charge is 0.508 e. The maximum absolute atomic E-state index is 9.74. The summed E-state index contributed by atoms with van der Waals surface area (Å²) in [5.74, 6) is 0.967. The van der Waals surface area contributed by atoms with Crippen molar-refractivity contribution in [1.29, 1.82) is 0 Å². The lowest BCUT2D eigenvalue weighted by Gasteiger charge is -2.08. The fourth-order valence-electron chi connectivity index (χ4n) is 2.29. The zero-order chi connectivity index (χ0) is 18.4. The van der Waals surface area contributed by atoms with Crippen LogP contribution < -0.4 is 10.7 Å². The van der Waals surface area contributed by atoms with Crippen molar-refractivity contribution in [2.45, 2.75) is 13.5 Å². The number of anilines is 2. The Bertz CT molecular complexity index is 913. The monoisotopic (exact) mass is 349 g/mol. The Hall–Kier alpha value is -3.61. The number of nitrogens with one attached hydrogen (secondary N) is 2. The number of aromatic hydroxyl groups is 2. The van der Waals surface area contributed by atoms with E-state index in [4.69, 9.17) is 0 Å². The molecular weight excluding hydrogens is 330 g/mol. The summed E-state index contributed by atoms with van der Waals surface area (Å²) in [6, 6.07) is 16.0. The van der Waals surface area contributed by atoms with Gasteiger partial charge in [-0.2, -0.15) is 10.1 Å². The summed E-state index contributed by atoms with van der Waals surface area (Å²) in [6.45, 7) is 2.49. The summed E-state index contributed by atoms with van der Waals surface area (Å²) in [4.78, 5) is 8.72. The van der Waals surface area contributed by atoms with Crippen molar-refractivity contribution in [2.75, 3.05) is 10.7 Å². The predicted molar refractivity (Wildman–Crippen MR) is 102 cm³/mol. The Balaban J connectivity index is 1.66. The molecule has 0 bridgehead atoms. The fraction of sp³-hybridized carbons (Fsp3) is 0.105. The van der Waals surface area contributed by atoms with Gasteiger partial charge in [0.15, 0.2) is 5.82 Å². The second kappa shape index (κ2) is 7.98. The van der Waals surface area contributed by atoms with E-state index in [1.165, 1.54) is 18.3 Å². The summed E-state index contributed by atoms with van der Waals surface area (Å²) in [5, 5.41) is 26.3. The van der Waals surface area contributed by atoms with Crippen molar-refractivity contribution in [2.24, 2.45) is 5.10 Å². The molecule has 1 heterocycles. The molecular formula is C19H19N5O2. The average molecular weight is 349 g/mol. The van der Waals surface area contributed by atoms with Crippen molar-refractivity contribution < 1.29 is 10.2 Å². The summed E-state index contributed by atoms with van der Waals surface area (Å²) >= 11 is 0. The molecule has 0 saturated carbocycles. The number of benzene rings is 2. The van der Waals surface area contributed by atoms with E-state index < -0.39 is 0 Å². The van der Waals surface area contributed by atoms with Crippen molar-refractivity contribution in [1.82, 2.24) is 9.97 Å². The number of phenols is 2. The van der Waals surface area contributed by atoms with Crippen molar-refractivity contribution in [3.05, 3.63) is 71.4 Å². The maximum atomic E-state index is 9.74. The standard InChI is InChI=1S/C19H19N5O2/c1-13-9-18(24-21-12-15-7-8-16(25)10-17(15)26)23-19(22-13)20-11-14-5-3-2-4-6-14/h2-10,12,25-26H,11H2,1H3,(H2,20,22,23,24)/b21-12-. The highest BCUT2D eigenvalue weighted by molar-refractivity contribution is 5.84. The van der Waals surface area contributed by atoms with Gasteiger partial charge in [-0.05, 0) is 24.6 Å². The lowest BCUT2D eigenvalue weighted by Crippen LogP contribution is -2.06. The molecule has 0 aliphatic carbocycles. The second-order valence-corrected chi connectivity index (χ2v) is 5.67. The summed E-state index contributed by atoms with van der Waals surface area (Å²) < 4.78 is 0. The molecule has 0 atom stereocenters. The highest BCUT2D eigenvalue weighted by Gasteiger charge is 2.03. The first kappa shape index (κ1) is 17.2. The molecule has 3 aromatic rings. The minimum Gasteiger partial charge on any atom is -0.508 e. The van der Waals surface area contributed by atoms with Gasteiger partial charge in [0.2, 0.25) is 5.95 Å². The summed E-state index contributed by atoms with van der Waals surface area (Å²) in [5.41, 5.74) is 5.22. The van der Waals surface area contributed by atoms with E-state index in [0.29, 0.717) is 23.9 Å². The molecule has 0 unspecified atom stereocenters. The lowest BCUT2D eigenvalue weighted by molar-refractivity contribution is 0.450. The van der Waals surface area contributed by atoms with Crippen LogP contribution in [0.4, 0.5) is 11.8 Å². The van der Waals surface area contributed by atoms with E-state index in [2.05, 4.69) is 25.8 Å². The molecule has 2 aromatic carbocycles. The van der Waals surface area contributed by atoms with Crippen LogP contribution in [0.5, 0.6) is 11.5 Å². The molecule has 0 amide bonds. The van der Waals surface area contributed by atoms with Gasteiger partial charge in [-0.15, -0.1) is 0 Å². The van der Waals surface area contributed by atoms with Crippen LogP contribution in [-0.4, -0.2) is 26.4 Å². The molecule has 0 spiro atoms. The SMILES string of the molecule is Cc1cc(N/N=C\c2ccc(O)cc2O)nc(NCc2ccccc2)n1. The van der Waals surface area contributed by atoms with E-state index in [1.54, 1.807) is 12.1 Å². The number of rotatable bonds is 6. The first-order valence-corrected chi connectivity index (χ1v) is 8.05. The number of hydrogen-bond donors (Lipinski definition) is 4. The predicted octanol–water partition coefficient (Wildman–Crippen LogP) is 3.25. The molecule has 0 aliphatic heterocycles. The Morgan fingerprint density at radius 1 is 1.04 bits per heavy atom. The molecule has 3 rings (SSSR count). The summed E-state index contributed by atoms with van der Waals surface area (Å²) in [7, 11) is 0. The second-order valence-electron chi connectivity index (χ2n) is 5.67. The van der Waals surface area contributed by atoms with Crippen molar-refractivity contribution >= 4 is 18.0 Å². The Morgan fingerprint density at radius 2 is 1.85 bits per heavy atom. The third kappa shape index (κ3) is 4.70. The van der Waals surface area contributed by atoms with E-state index in [0.717, 1.165) is 11.3 Å². The smallest absolute Gasteiger partial charge is 0.225 e. The van der Waals surface area contributed by atoms with Crippen LogP contribution >= 0.6 is 0 Å². The molecule has 0 saturated heterocycles. The first-order valence-electron chi connectivity index (χ1n) is 8.05. The number of aromatic nitrogens is 2.